The topological polar surface area (TPSA) is 58.6 Å². The Morgan fingerprint density at radius 1 is 1.29 bits per heavy atom. The molecule has 0 heterocycles. The van der Waals surface area contributed by atoms with E-state index in [9.17, 15) is 18.7 Å². The molecule has 2 rings (SSSR count). The number of amides is 1. The molecule has 2 N–H and O–H groups in total. The number of rotatable bonds is 7. The molecule has 1 aliphatic rings. The van der Waals surface area contributed by atoms with Gasteiger partial charge in [-0.1, -0.05) is 12.8 Å². The van der Waals surface area contributed by atoms with Crippen LogP contribution < -0.4 is 10.1 Å². The van der Waals surface area contributed by atoms with Gasteiger partial charge in [-0.05, 0) is 55.9 Å². The van der Waals surface area contributed by atoms with E-state index in [0.717, 1.165) is 32.1 Å². The third kappa shape index (κ3) is 4.66. The highest BCUT2D eigenvalue weighted by Crippen LogP contribution is 2.30. The first kappa shape index (κ1) is 18.6. The van der Waals surface area contributed by atoms with Crippen LogP contribution in [-0.4, -0.2) is 30.8 Å². The molecular weight excluding hydrogens is 316 g/mol. The Balaban J connectivity index is 1.79. The molecule has 1 amide bonds. The van der Waals surface area contributed by atoms with Crippen molar-refractivity contribution < 1.29 is 23.4 Å². The van der Waals surface area contributed by atoms with E-state index in [1.807, 2.05) is 0 Å². The maximum atomic E-state index is 14.1. The van der Waals surface area contributed by atoms with Crippen LogP contribution in [0.25, 0.3) is 0 Å². The van der Waals surface area contributed by atoms with Crippen LogP contribution in [0.4, 0.5) is 8.78 Å². The lowest BCUT2D eigenvalue weighted by atomic mass is 9.83. The number of hydrogen-bond acceptors (Lipinski definition) is 3. The van der Waals surface area contributed by atoms with Gasteiger partial charge in [0.25, 0.3) is 5.91 Å². The molecule has 1 fully saturated rings. The van der Waals surface area contributed by atoms with Crippen molar-refractivity contribution >= 4 is 5.91 Å². The number of methoxy groups -OCH3 is 1. The average Bonchev–Trinajstić information content (AvgIpc) is 2.60. The number of nitrogens with one attached hydrogen (secondary N) is 1. The fraction of sp³-hybridized carbons (Fsp3) is 0.611. The molecule has 0 radical (unpaired) electrons. The van der Waals surface area contributed by atoms with Crippen LogP contribution in [0.15, 0.2) is 24.3 Å². The van der Waals surface area contributed by atoms with E-state index < -0.39 is 11.8 Å². The van der Waals surface area contributed by atoms with Gasteiger partial charge >= 0.3 is 5.92 Å². The largest absolute Gasteiger partial charge is 0.497 e. The van der Waals surface area contributed by atoms with Gasteiger partial charge < -0.3 is 15.2 Å². The normalized spacial score (nSPS) is 21.3. The van der Waals surface area contributed by atoms with Crippen molar-refractivity contribution in [3.8, 4) is 5.75 Å². The summed E-state index contributed by atoms with van der Waals surface area (Å²) in [6, 6.07) is 5.19. The second-order valence-electron chi connectivity index (χ2n) is 6.31. The lowest BCUT2D eigenvalue weighted by Crippen LogP contribution is -2.38. The van der Waals surface area contributed by atoms with E-state index >= 15 is 0 Å². The summed E-state index contributed by atoms with van der Waals surface area (Å²) in [5, 5.41) is 12.2. The Morgan fingerprint density at radius 2 is 1.96 bits per heavy atom. The van der Waals surface area contributed by atoms with Crippen molar-refractivity contribution in [1.29, 1.82) is 0 Å². The third-order valence-electron chi connectivity index (χ3n) is 4.64. The zero-order valence-electron chi connectivity index (χ0n) is 13.9. The highest BCUT2D eigenvalue weighted by atomic mass is 19.3. The molecule has 0 aliphatic heterocycles. The Morgan fingerprint density at radius 3 is 2.58 bits per heavy atom. The number of carbonyl (C=O) groups excluding carboxylic acids is 1. The van der Waals surface area contributed by atoms with Crippen molar-refractivity contribution in [2.24, 2.45) is 5.92 Å². The number of aliphatic hydroxyl groups excluding tert-OH is 1. The van der Waals surface area contributed by atoms with Crippen molar-refractivity contribution in [3.63, 3.8) is 0 Å². The van der Waals surface area contributed by atoms with Crippen molar-refractivity contribution in [2.75, 3.05) is 13.7 Å². The minimum absolute atomic E-state index is 0.188. The Bertz CT molecular complexity index is 534. The summed E-state index contributed by atoms with van der Waals surface area (Å²) in [6.07, 6.45) is 4.97. The molecule has 1 aliphatic carbocycles. The number of alkyl halides is 2. The summed E-state index contributed by atoms with van der Waals surface area (Å²) in [5.41, 5.74) is -0.358. The number of hydrogen-bond donors (Lipinski definition) is 2. The number of aliphatic hydroxyl groups is 1. The summed E-state index contributed by atoms with van der Waals surface area (Å²) < 4.78 is 33.2. The first-order valence-corrected chi connectivity index (χ1v) is 8.44. The van der Waals surface area contributed by atoms with E-state index in [1.54, 1.807) is 0 Å². The number of carbonyl (C=O) groups is 1. The molecular formula is C18H25F2NO3. The molecule has 0 spiro atoms. The van der Waals surface area contributed by atoms with Crippen molar-refractivity contribution in [1.82, 2.24) is 5.32 Å². The van der Waals surface area contributed by atoms with E-state index in [1.165, 1.54) is 31.4 Å². The quantitative estimate of drug-likeness (QED) is 0.749. The van der Waals surface area contributed by atoms with E-state index in [0.29, 0.717) is 12.2 Å². The highest BCUT2D eigenvalue weighted by molar-refractivity contribution is 5.84. The summed E-state index contributed by atoms with van der Waals surface area (Å²) in [6.45, 7) is 0.188. The van der Waals surface area contributed by atoms with Crippen LogP contribution in [-0.2, 0) is 10.7 Å². The molecule has 2 atom stereocenters. The first-order valence-electron chi connectivity index (χ1n) is 8.44. The maximum absolute atomic E-state index is 14.1. The van der Waals surface area contributed by atoms with Crippen LogP contribution in [0.1, 0.15) is 44.1 Å². The van der Waals surface area contributed by atoms with E-state index in [4.69, 9.17) is 4.74 Å². The smallest absolute Gasteiger partial charge is 0.349 e. The Labute approximate surface area is 141 Å². The summed E-state index contributed by atoms with van der Waals surface area (Å²) in [5.74, 6) is -4.19. The van der Waals surface area contributed by atoms with Crippen LogP contribution in [0, 0.1) is 5.92 Å². The minimum Gasteiger partial charge on any atom is -0.497 e. The van der Waals surface area contributed by atoms with Gasteiger partial charge in [-0.2, -0.15) is 8.78 Å². The molecule has 6 heteroatoms. The lowest BCUT2D eigenvalue weighted by molar-refractivity contribution is -0.147. The van der Waals surface area contributed by atoms with Gasteiger partial charge in [0.1, 0.15) is 5.75 Å². The molecule has 4 nitrogen and oxygen atoms in total. The lowest BCUT2D eigenvalue weighted by Gasteiger charge is -2.27. The molecule has 0 aromatic heterocycles. The van der Waals surface area contributed by atoms with Crippen LogP contribution in [0.2, 0.25) is 0 Å². The summed E-state index contributed by atoms with van der Waals surface area (Å²) in [4.78, 5) is 11.8. The van der Waals surface area contributed by atoms with Crippen LogP contribution in [0.3, 0.4) is 0 Å². The van der Waals surface area contributed by atoms with Gasteiger partial charge in [-0.15, -0.1) is 0 Å². The fourth-order valence-corrected chi connectivity index (χ4v) is 3.13. The zero-order chi connectivity index (χ0) is 17.6. The summed E-state index contributed by atoms with van der Waals surface area (Å²) >= 11 is 0. The predicted octanol–water partition coefficient (Wildman–Crippen LogP) is 3.23. The molecule has 0 bridgehead atoms. The van der Waals surface area contributed by atoms with Gasteiger partial charge in [-0.25, -0.2) is 0 Å². The third-order valence-corrected chi connectivity index (χ3v) is 4.64. The molecule has 134 valence electrons. The van der Waals surface area contributed by atoms with Gasteiger partial charge in [-0.3, -0.25) is 4.79 Å². The van der Waals surface area contributed by atoms with Gasteiger partial charge in [0.15, 0.2) is 0 Å². The molecule has 0 saturated heterocycles. The number of halogens is 2. The minimum atomic E-state index is -3.57. The molecule has 1 aromatic rings. The van der Waals surface area contributed by atoms with Gasteiger partial charge in [0, 0.05) is 12.1 Å². The van der Waals surface area contributed by atoms with Gasteiger partial charge in [0.2, 0.25) is 0 Å². The first-order chi connectivity index (χ1) is 11.4. The fourth-order valence-electron chi connectivity index (χ4n) is 3.13. The monoisotopic (exact) mass is 341 g/mol. The Hall–Kier alpha value is -1.69. The average molecular weight is 341 g/mol. The standard InChI is InChI=1S/C18H25F2NO3/c1-24-15-10-8-14(9-11-15)18(19,20)17(23)21-12-4-6-13-5-2-3-7-16(13)22/h8-11,13,16,22H,2-7,12H2,1H3,(H,21,23). The number of ether oxygens (including phenoxy) is 1. The maximum Gasteiger partial charge on any atom is 0.349 e. The Kier molecular flexibility index (Phi) is 6.54. The van der Waals surface area contributed by atoms with Crippen molar-refractivity contribution in [2.45, 2.75) is 50.6 Å². The number of benzene rings is 1. The van der Waals surface area contributed by atoms with Crippen molar-refractivity contribution in [3.05, 3.63) is 29.8 Å². The second kappa shape index (κ2) is 8.42. The zero-order valence-corrected chi connectivity index (χ0v) is 13.9. The molecule has 1 aromatic carbocycles. The van der Waals surface area contributed by atoms with E-state index in [-0.39, 0.29) is 24.1 Å². The molecule has 2 unspecified atom stereocenters. The molecule has 24 heavy (non-hydrogen) atoms. The molecule has 1 saturated carbocycles. The van der Waals surface area contributed by atoms with E-state index in [2.05, 4.69) is 5.32 Å². The van der Waals surface area contributed by atoms with Crippen LogP contribution in [0.5, 0.6) is 5.75 Å². The second-order valence-corrected chi connectivity index (χ2v) is 6.31. The predicted molar refractivity (Wildman–Crippen MR) is 87.1 cm³/mol. The SMILES string of the molecule is COc1ccc(C(F)(F)C(=O)NCCCC2CCCCC2O)cc1. The highest BCUT2D eigenvalue weighted by Gasteiger charge is 2.40. The van der Waals surface area contributed by atoms with Crippen LogP contribution >= 0.6 is 0 Å². The summed E-state index contributed by atoms with van der Waals surface area (Å²) in [7, 11) is 1.45. The van der Waals surface area contributed by atoms with Gasteiger partial charge in [0.05, 0.1) is 13.2 Å².